The molecule has 0 spiro atoms. The van der Waals surface area contributed by atoms with Gasteiger partial charge in [0, 0.05) is 57.2 Å². The van der Waals surface area contributed by atoms with Crippen molar-refractivity contribution in [2.75, 3.05) is 4.90 Å². The molecule has 0 unspecified atom stereocenters. The fourth-order valence-corrected chi connectivity index (χ4v) is 16.1. The maximum atomic E-state index is 12.0. The summed E-state index contributed by atoms with van der Waals surface area (Å²) in [6, 6.07) is 50.6. The van der Waals surface area contributed by atoms with Crippen molar-refractivity contribution in [3.05, 3.63) is 177 Å². The summed E-state index contributed by atoms with van der Waals surface area (Å²) in [5, 5.41) is 19.5. The van der Waals surface area contributed by atoms with Crippen molar-refractivity contribution in [2.45, 2.75) is 156 Å². The van der Waals surface area contributed by atoms with Crippen molar-refractivity contribution in [1.82, 2.24) is 0 Å². The van der Waals surface area contributed by atoms with Crippen molar-refractivity contribution in [1.29, 1.82) is 5.26 Å². The number of carbonyl (C=O) groups is 1. The van der Waals surface area contributed by atoms with E-state index >= 15 is 0 Å². The van der Waals surface area contributed by atoms with Crippen LogP contribution < -0.4 is 4.90 Å². The molecule has 2 aliphatic carbocycles. The van der Waals surface area contributed by atoms with E-state index in [4.69, 9.17) is 0 Å². The maximum Gasteiger partial charge on any atom is 0.346 e. The summed E-state index contributed by atoms with van der Waals surface area (Å²) in [7, 11) is 0. The third-order valence-electron chi connectivity index (χ3n) is 16.5. The number of anilines is 3. The number of thiophene rings is 3. The van der Waals surface area contributed by atoms with Crippen molar-refractivity contribution in [3.63, 3.8) is 0 Å². The molecule has 5 aromatic carbocycles. The summed E-state index contributed by atoms with van der Waals surface area (Å²) < 4.78 is 0. The zero-order valence-corrected chi connectivity index (χ0v) is 48.7. The third-order valence-corrected chi connectivity index (χ3v) is 20.4. The van der Waals surface area contributed by atoms with Gasteiger partial charge in [0.05, 0.1) is 0 Å². The van der Waals surface area contributed by atoms with Gasteiger partial charge in [0.1, 0.15) is 11.6 Å². The zero-order chi connectivity index (χ0) is 53.8. The lowest BCUT2D eigenvalue weighted by atomic mass is 9.82. The highest BCUT2D eigenvalue weighted by atomic mass is 32.1. The number of nitriles is 1. The number of aryl methyl sites for hydroxylation is 3. The molecule has 4 nitrogen and oxygen atoms in total. The predicted octanol–water partition coefficient (Wildman–Crippen LogP) is 21.3. The van der Waals surface area contributed by atoms with Crippen LogP contribution in [-0.2, 0) is 34.9 Å². The van der Waals surface area contributed by atoms with E-state index in [-0.39, 0.29) is 16.4 Å². The molecule has 3 aromatic heterocycles. The van der Waals surface area contributed by atoms with E-state index in [1.54, 1.807) is 17.4 Å². The van der Waals surface area contributed by atoms with E-state index < -0.39 is 5.97 Å². The highest BCUT2D eigenvalue weighted by Crippen LogP contribution is 2.54. The van der Waals surface area contributed by atoms with Gasteiger partial charge in [0.15, 0.2) is 0 Å². The van der Waals surface area contributed by atoms with Crippen LogP contribution in [0, 0.1) is 11.3 Å². The first-order valence-corrected chi connectivity index (χ1v) is 30.9. The lowest BCUT2D eigenvalue weighted by Gasteiger charge is -2.30. The van der Waals surface area contributed by atoms with Gasteiger partial charge in [-0.1, -0.05) is 179 Å². The first-order valence-electron chi connectivity index (χ1n) is 28.5. The van der Waals surface area contributed by atoms with Crippen LogP contribution in [0.25, 0.3) is 58.3 Å². The second-order valence-corrected chi connectivity index (χ2v) is 25.7. The molecule has 8 aromatic rings. The van der Waals surface area contributed by atoms with Crippen LogP contribution in [0.4, 0.5) is 17.1 Å². The Labute approximate surface area is 470 Å². The molecular weight excluding hydrogens is 997 g/mol. The van der Waals surface area contributed by atoms with Gasteiger partial charge in [0.2, 0.25) is 0 Å². The first kappa shape index (κ1) is 54.1. The van der Waals surface area contributed by atoms with E-state index in [1.165, 1.54) is 143 Å². The van der Waals surface area contributed by atoms with Gasteiger partial charge < -0.3 is 10.0 Å². The van der Waals surface area contributed by atoms with E-state index in [1.807, 2.05) is 28.7 Å². The average molecular weight is 1070 g/mol. The van der Waals surface area contributed by atoms with Crippen LogP contribution in [0.3, 0.4) is 0 Å². The summed E-state index contributed by atoms with van der Waals surface area (Å²) >= 11 is 5.49. The van der Waals surface area contributed by atoms with E-state index in [2.05, 4.69) is 181 Å². The van der Waals surface area contributed by atoms with Crippen LogP contribution in [0.1, 0.15) is 169 Å². The minimum absolute atomic E-state index is 0.132. The van der Waals surface area contributed by atoms with Crippen LogP contribution >= 0.6 is 34.0 Å². The Kier molecular flexibility index (Phi) is 16.4. The molecule has 0 amide bonds. The molecule has 77 heavy (non-hydrogen) atoms. The van der Waals surface area contributed by atoms with Crippen molar-refractivity contribution in [3.8, 4) is 58.3 Å². The summed E-state index contributed by atoms with van der Waals surface area (Å²) in [6.45, 7) is 16.3. The number of rotatable bonds is 23. The van der Waals surface area contributed by atoms with Gasteiger partial charge >= 0.3 is 5.97 Å². The quantitative estimate of drug-likeness (QED) is 0.0394. The van der Waals surface area contributed by atoms with Gasteiger partial charge in [-0.15, -0.1) is 34.0 Å². The third kappa shape index (κ3) is 10.8. The Morgan fingerprint density at radius 2 is 0.935 bits per heavy atom. The van der Waals surface area contributed by atoms with E-state index in [0.29, 0.717) is 0 Å². The monoisotopic (exact) mass is 1070 g/mol. The lowest BCUT2D eigenvalue weighted by molar-refractivity contribution is -0.132. The largest absolute Gasteiger partial charge is 0.477 e. The van der Waals surface area contributed by atoms with Crippen LogP contribution in [0.5, 0.6) is 0 Å². The maximum absolute atomic E-state index is 12.0. The first-order chi connectivity index (χ1) is 37.4. The number of fused-ring (bicyclic) bond motifs is 6. The van der Waals surface area contributed by atoms with Crippen LogP contribution in [0.2, 0.25) is 0 Å². The summed E-state index contributed by atoms with van der Waals surface area (Å²) in [6.07, 6.45) is 18.8. The summed E-state index contributed by atoms with van der Waals surface area (Å²) in [5.74, 6) is -1.18. The number of nitrogens with zero attached hydrogens (tertiary/aromatic N) is 2. The average Bonchev–Trinajstić information content (AvgIpc) is 4.41. The summed E-state index contributed by atoms with van der Waals surface area (Å²) in [4.78, 5) is 21.8. The standard InChI is InChI=1S/C70H74N2O2S3/c1-8-11-14-17-24-47-39-54(40-50(45-71)68(73)74)75-66(47)63-42-49(26-19-16-13-10-3)67(77-63)64-41-48(25-18-15-12-9-2)65(76-64)46-31-33-51(34-32-46)72(52-35-37-57-55-27-20-22-29-59(55)69(4,5)61(57)43-52)53-36-38-58-56-28-21-23-30-60(56)70(6,7)62(58)44-53/h20-23,27-44H,8-19,24-26H2,1-7H3,(H,73,74)/b50-40-. The number of unbranched alkanes of at least 4 members (excludes halogenated alkanes) is 9. The number of carboxylic acids is 1. The lowest BCUT2D eigenvalue weighted by Crippen LogP contribution is -2.18. The molecule has 2 aliphatic rings. The van der Waals surface area contributed by atoms with Gasteiger partial charge in [0.25, 0.3) is 0 Å². The Hall–Kier alpha value is -6.30. The second kappa shape index (κ2) is 23.3. The normalized spacial score (nSPS) is 13.8. The smallest absolute Gasteiger partial charge is 0.346 e. The Bertz CT molecular complexity index is 3390. The van der Waals surface area contributed by atoms with Gasteiger partial charge in [-0.3, -0.25) is 0 Å². The van der Waals surface area contributed by atoms with Gasteiger partial charge in [-0.25, -0.2) is 4.79 Å². The fraction of sp³-hybridized carbons (Fsp3) is 0.343. The highest BCUT2D eigenvalue weighted by Gasteiger charge is 2.38. The molecule has 7 heteroatoms. The van der Waals surface area contributed by atoms with E-state index in [9.17, 15) is 15.2 Å². The highest BCUT2D eigenvalue weighted by molar-refractivity contribution is 7.27. The SMILES string of the molecule is CCCCCCc1cc(-c2sc(-c3sc(/C=C(/C#N)C(=O)O)cc3CCCCCC)cc2CCCCCC)sc1-c1ccc(N(c2ccc3c(c2)C(C)(C)c2ccccc2-3)c2ccc3c(c2)C(C)(C)c2ccccc2-3)cc1. The van der Waals surface area contributed by atoms with Gasteiger partial charge in [-0.2, -0.15) is 5.26 Å². The number of hydrogen-bond donors (Lipinski definition) is 1. The number of benzene rings is 5. The Balaban J connectivity index is 1.06. The van der Waals surface area contributed by atoms with Gasteiger partial charge in [-0.05, 0) is 166 Å². The number of aliphatic carboxylic acids is 1. The van der Waals surface area contributed by atoms with E-state index in [0.717, 1.165) is 66.9 Å². The number of carboxylic acid groups (broad SMARTS) is 1. The predicted molar refractivity (Wildman–Crippen MR) is 331 cm³/mol. The van der Waals surface area contributed by atoms with Crippen molar-refractivity contribution >= 4 is 63.1 Å². The molecule has 1 N–H and O–H groups in total. The summed E-state index contributed by atoms with van der Waals surface area (Å²) in [5.41, 5.74) is 19.1. The molecule has 0 saturated carbocycles. The molecule has 394 valence electrons. The molecule has 0 aliphatic heterocycles. The zero-order valence-electron chi connectivity index (χ0n) is 46.3. The molecule has 0 bridgehead atoms. The molecule has 3 heterocycles. The number of hydrogen-bond acceptors (Lipinski definition) is 6. The van der Waals surface area contributed by atoms with Crippen LogP contribution in [0.15, 0.2) is 133 Å². The molecular formula is C70H74N2O2S3. The molecule has 0 atom stereocenters. The molecule has 10 rings (SSSR count). The second-order valence-electron chi connectivity index (χ2n) is 22.5. The topological polar surface area (TPSA) is 64.3 Å². The Morgan fingerprint density at radius 3 is 1.42 bits per heavy atom. The minimum Gasteiger partial charge on any atom is -0.477 e. The van der Waals surface area contributed by atoms with Crippen molar-refractivity contribution < 1.29 is 9.90 Å². The minimum atomic E-state index is -1.18. The molecule has 0 fully saturated rings. The fourth-order valence-electron chi connectivity index (χ4n) is 12.2. The molecule has 0 saturated heterocycles. The van der Waals surface area contributed by atoms with Crippen molar-refractivity contribution in [2.24, 2.45) is 0 Å². The van der Waals surface area contributed by atoms with Crippen LogP contribution in [-0.4, -0.2) is 11.1 Å². The molecule has 0 radical (unpaired) electrons. The Morgan fingerprint density at radius 1 is 0.506 bits per heavy atom.